The molecule has 2 heterocycles. The van der Waals surface area contributed by atoms with Crippen LogP contribution in [0.4, 0.5) is 0 Å². The molecular weight excluding hydrogens is 286 g/mol. The first kappa shape index (κ1) is 17.9. The predicted molar refractivity (Wildman–Crippen MR) is 94.2 cm³/mol. The minimum absolute atomic E-state index is 0.168. The van der Waals surface area contributed by atoms with E-state index in [-0.39, 0.29) is 11.8 Å². The highest BCUT2D eigenvalue weighted by molar-refractivity contribution is 5.79. The number of nitrogens with zero attached hydrogens (tertiary/aromatic N) is 2. The minimum atomic E-state index is 0.168. The van der Waals surface area contributed by atoms with E-state index in [1.54, 1.807) is 0 Å². The maximum absolute atomic E-state index is 12.4. The van der Waals surface area contributed by atoms with Gasteiger partial charge in [-0.3, -0.25) is 9.78 Å². The molecule has 2 unspecified atom stereocenters. The van der Waals surface area contributed by atoms with Crippen molar-refractivity contribution in [2.75, 3.05) is 19.6 Å². The van der Waals surface area contributed by atoms with E-state index in [1.165, 1.54) is 5.56 Å². The Labute approximate surface area is 140 Å². The first-order chi connectivity index (χ1) is 11.2. The number of nitrogens with one attached hydrogen (secondary N) is 1. The highest BCUT2D eigenvalue weighted by Gasteiger charge is 2.26. The summed E-state index contributed by atoms with van der Waals surface area (Å²) in [5.41, 5.74) is 1.30. The molecule has 0 aromatic carbocycles. The van der Waals surface area contributed by atoms with E-state index < -0.39 is 0 Å². The maximum Gasteiger partial charge on any atom is 0.224 e. The summed E-state index contributed by atoms with van der Waals surface area (Å²) in [6, 6.07) is 4.43. The van der Waals surface area contributed by atoms with Crippen molar-refractivity contribution in [3.63, 3.8) is 0 Å². The van der Waals surface area contributed by atoms with E-state index in [2.05, 4.69) is 35.1 Å². The van der Waals surface area contributed by atoms with Crippen molar-refractivity contribution in [2.45, 2.75) is 58.4 Å². The molecule has 23 heavy (non-hydrogen) atoms. The lowest BCUT2D eigenvalue weighted by atomic mass is 9.96. The fourth-order valence-corrected chi connectivity index (χ4v) is 3.39. The third-order valence-corrected chi connectivity index (χ3v) is 4.65. The highest BCUT2D eigenvalue weighted by Crippen LogP contribution is 2.17. The van der Waals surface area contributed by atoms with E-state index in [1.807, 2.05) is 18.5 Å². The number of hydrogen-bond donors (Lipinski definition) is 1. The van der Waals surface area contributed by atoms with Gasteiger partial charge >= 0.3 is 0 Å². The smallest absolute Gasteiger partial charge is 0.224 e. The van der Waals surface area contributed by atoms with Crippen LogP contribution in [0.1, 0.15) is 51.5 Å². The molecule has 1 saturated heterocycles. The average Bonchev–Trinajstić information content (AvgIpc) is 2.56. The summed E-state index contributed by atoms with van der Waals surface area (Å²) in [4.78, 5) is 19.0. The fourth-order valence-electron chi connectivity index (χ4n) is 3.39. The fraction of sp³-hybridized carbons (Fsp3) is 0.684. The van der Waals surface area contributed by atoms with Gasteiger partial charge < -0.3 is 10.2 Å². The normalized spacial score (nSPS) is 20.2. The molecule has 1 fully saturated rings. The molecule has 1 aliphatic rings. The van der Waals surface area contributed by atoms with Crippen LogP contribution < -0.4 is 5.32 Å². The quantitative estimate of drug-likeness (QED) is 0.801. The van der Waals surface area contributed by atoms with Crippen LogP contribution in [0, 0.1) is 5.92 Å². The number of amides is 1. The molecule has 1 amide bonds. The van der Waals surface area contributed by atoms with Gasteiger partial charge in [0.05, 0.1) is 5.92 Å². The van der Waals surface area contributed by atoms with Gasteiger partial charge in [0.25, 0.3) is 0 Å². The number of aromatic nitrogens is 1. The first-order valence-corrected chi connectivity index (χ1v) is 9.10. The number of pyridine rings is 1. The molecule has 0 saturated carbocycles. The van der Waals surface area contributed by atoms with Crippen LogP contribution in [0.15, 0.2) is 24.5 Å². The second kappa shape index (κ2) is 9.66. The molecule has 4 nitrogen and oxygen atoms in total. The van der Waals surface area contributed by atoms with Gasteiger partial charge in [-0.25, -0.2) is 0 Å². The molecule has 4 heteroatoms. The molecule has 1 N–H and O–H groups in total. The molecule has 128 valence electrons. The Morgan fingerprint density at radius 2 is 2.39 bits per heavy atom. The highest BCUT2D eigenvalue weighted by atomic mass is 16.2. The number of carbonyl (C=O) groups is 1. The van der Waals surface area contributed by atoms with Crippen LogP contribution >= 0.6 is 0 Å². The number of carbonyl (C=O) groups excluding carboxylic acids is 1. The zero-order chi connectivity index (χ0) is 16.5. The summed E-state index contributed by atoms with van der Waals surface area (Å²) in [6.07, 6.45) is 10.3. The Morgan fingerprint density at radius 3 is 3.13 bits per heavy atom. The minimum Gasteiger partial charge on any atom is -0.353 e. The second-order valence-electron chi connectivity index (χ2n) is 6.80. The van der Waals surface area contributed by atoms with Gasteiger partial charge in [-0.2, -0.15) is 0 Å². The molecule has 2 atom stereocenters. The Kier molecular flexibility index (Phi) is 7.53. The van der Waals surface area contributed by atoms with Crippen LogP contribution in [0.5, 0.6) is 0 Å². The standard InChI is InChI=1S/C19H31N3O/c1-3-7-16(2)21-19(23)18-10-6-13-22(15-18)12-5-9-17-8-4-11-20-14-17/h4,8,11,14,16,18H,3,5-7,9-10,12-13,15H2,1-2H3,(H,21,23). The SMILES string of the molecule is CCCC(C)NC(=O)C1CCCN(CCCc2cccnc2)C1. The lowest BCUT2D eigenvalue weighted by Gasteiger charge is -2.32. The maximum atomic E-state index is 12.4. The van der Waals surface area contributed by atoms with Gasteiger partial charge in [-0.05, 0) is 63.7 Å². The van der Waals surface area contributed by atoms with Crippen LogP contribution in [0.2, 0.25) is 0 Å². The lowest BCUT2D eigenvalue weighted by molar-refractivity contribution is -0.127. The summed E-state index contributed by atoms with van der Waals surface area (Å²) in [6.45, 7) is 7.38. The summed E-state index contributed by atoms with van der Waals surface area (Å²) in [7, 11) is 0. The van der Waals surface area contributed by atoms with Crippen molar-refractivity contribution in [1.29, 1.82) is 0 Å². The summed E-state index contributed by atoms with van der Waals surface area (Å²) in [5.74, 6) is 0.421. The van der Waals surface area contributed by atoms with Crippen LogP contribution in [0.3, 0.4) is 0 Å². The van der Waals surface area contributed by atoms with Crippen molar-refractivity contribution < 1.29 is 4.79 Å². The molecule has 2 rings (SSSR count). The Morgan fingerprint density at radius 1 is 1.52 bits per heavy atom. The zero-order valence-electron chi connectivity index (χ0n) is 14.6. The van der Waals surface area contributed by atoms with Gasteiger partial charge in [0.2, 0.25) is 5.91 Å². The molecule has 1 aliphatic heterocycles. The van der Waals surface area contributed by atoms with Crippen molar-refractivity contribution in [1.82, 2.24) is 15.2 Å². The van der Waals surface area contributed by atoms with Crippen molar-refractivity contribution in [3.05, 3.63) is 30.1 Å². The van der Waals surface area contributed by atoms with Gasteiger partial charge in [-0.15, -0.1) is 0 Å². The van der Waals surface area contributed by atoms with E-state index in [9.17, 15) is 4.79 Å². The van der Waals surface area contributed by atoms with Crippen molar-refractivity contribution in [2.24, 2.45) is 5.92 Å². The number of likely N-dealkylation sites (tertiary alicyclic amines) is 1. The number of piperidine rings is 1. The van der Waals surface area contributed by atoms with E-state index in [0.717, 1.165) is 58.2 Å². The van der Waals surface area contributed by atoms with E-state index in [0.29, 0.717) is 6.04 Å². The van der Waals surface area contributed by atoms with Gasteiger partial charge in [0.1, 0.15) is 0 Å². The van der Waals surface area contributed by atoms with Gasteiger partial charge in [0, 0.05) is 25.0 Å². The first-order valence-electron chi connectivity index (χ1n) is 9.10. The van der Waals surface area contributed by atoms with E-state index >= 15 is 0 Å². The number of rotatable bonds is 8. The number of aryl methyl sites for hydroxylation is 1. The number of hydrogen-bond acceptors (Lipinski definition) is 3. The molecule has 0 aliphatic carbocycles. The lowest BCUT2D eigenvalue weighted by Crippen LogP contribution is -2.45. The molecule has 1 aromatic rings. The van der Waals surface area contributed by atoms with Crippen LogP contribution in [-0.2, 0) is 11.2 Å². The Bertz CT molecular complexity index is 463. The zero-order valence-corrected chi connectivity index (χ0v) is 14.6. The van der Waals surface area contributed by atoms with Gasteiger partial charge in [-0.1, -0.05) is 19.4 Å². The average molecular weight is 317 g/mol. The van der Waals surface area contributed by atoms with Crippen LogP contribution in [-0.4, -0.2) is 41.5 Å². The molecule has 0 bridgehead atoms. The molecular formula is C19H31N3O. The molecule has 1 aromatic heterocycles. The third kappa shape index (κ3) is 6.30. The Hall–Kier alpha value is -1.42. The summed E-state index contributed by atoms with van der Waals surface area (Å²) in [5, 5.41) is 3.18. The molecule has 0 spiro atoms. The monoisotopic (exact) mass is 317 g/mol. The topological polar surface area (TPSA) is 45.2 Å². The Balaban J connectivity index is 1.71. The van der Waals surface area contributed by atoms with Gasteiger partial charge in [0.15, 0.2) is 0 Å². The van der Waals surface area contributed by atoms with Crippen LogP contribution in [0.25, 0.3) is 0 Å². The summed E-state index contributed by atoms with van der Waals surface area (Å²) < 4.78 is 0. The largest absolute Gasteiger partial charge is 0.353 e. The molecule has 0 radical (unpaired) electrons. The van der Waals surface area contributed by atoms with Crippen molar-refractivity contribution in [3.8, 4) is 0 Å². The van der Waals surface area contributed by atoms with Crippen molar-refractivity contribution >= 4 is 5.91 Å². The predicted octanol–water partition coefficient (Wildman–Crippen LogP) is 3.03. The second-order valence-corrected chi connectivity index (χ2v) is 6.80. The van der Waals surface area contributed by atoms with E-state index in [4.69, 9.17) is 0 Å². The third-order valence-electron chi connectivity index (χ3n) is 4.65. The summed E-state index contributed by atoms with van der Waals surface area (Å²) >= 11 is 0.